The van der Waals surface area contributed by atoms with Gasteiger partial charge in [-0.05, 0) is 67.2 Å². The maximum absolute atomic E-state index is 12.6. The van der Waals surface area contributed by atoms with Gasteiger partial charge in [0.1, 0.15) is 11.3 Å². The summed E-state index contributed by atoms with van der Waals surface area (Å²) in [5.41, 5.74) is 4.16. The second kappa shape index (κ2) is 8.87. The number of nitrogens with zero attached hydrogens (tertiary/aromatic N) is 1. The number of thiocarbonyl (C=S) groups is 1. The normalized spacial score (nSPS) is 10.7. The van der Waals surface area contributed by atoms with Crippen molar-refractivity contribution in [2.45, 2.75) is 6.92 Å². The molecule has 6 nitrogen and oxygen atoms in total. The molecule has 4 aromatic rings. The number of rotatable bonds is 4. The smallest absolute Gasteiger partial charge is 0.261 e. The van der Waals surface area contributed by atoms with Gasteiger partial charge in [-0.15, -0.1) is 0 Å². The Kier molecular flexibility index (Phi) is 6.01. The summed E-state index contributed by atoms with van der Waals surface area (Å²) in [5.74, 6) is 0.695. The molecule has 156 valence electrons. The van der Waals surface area contributed by atoms with Gasteiger partial charge in [0.05, 0.1) is 12.7 Å². The number of hydrogen-bond donors (Lipinski definition) is 2. The molecular formula is C23H18BrN3O3S. The molecule has 0 aliphatic carbocycles. The van der Waals surface area contributed by atoms with Crippen LogP contribution in [0.25, 0.3) is 22.6 Å². The standard InChI is InChI=1S/C23H18BrN3O3S/c1-13-5-3-8-17(20(13)29-2)21(28)27-23(31)25-16-9-10-19-18(12-16)26-22(30-19)14-6-4-7-15(24)11-14/h3-12H,1-2H3,(H2,25,27,28,31). The number of oxazole rings is 1. The summed E-state index contributed by atoms with van der Waals surface area (Å²) in [7, 11) is 1.53. The Morgan fingerprint density at radius 1 is 1.13 bits per heavy atom. The van der Waals surface area contributed by atoms with Gasteiger partial charge in [0, 0.05) is 15.7 Å². The van der Waals surface area contributed by atoms with Crippen LogP contribution in [0.4, 0.5) is 5.69 Å². The third-order valence-electron chi connectivity index (χ3n) is 4.60. The van der Waals surface area contributed by atoms with Crippen LogP contribution in [0.3, 0.4) is 0 Å². The molecule has 3 aromatic carbocycles. The molecule has 0 saturated heterocycles. The number of aromatic nitrogens is 1. The summed E-state index contributed by atoms with van der Waals surface area (Å²) in [6.07, 6.45) is 0. The summed E-state index contributed by atoms with van der Waals surface area (Å²) in [6, 6.07) is 18.5. The fraction of sp³-hybridized carbons (Fsp3) is 0.0870. The van der Waals surface area contributed by atoms with Gasteiger partial charge < -0.3 is 14.5 Å². The van der Waals surface area contributed by atoms with Crippen LogP contribution in [-0.4, -0.2) is 23.1 Å². The minimum Gasteiger partial charge on any atom is -0.496 e. The zero-order chi connectivity index (χ0) is 22.0. The van der Waals surface area contributed by atoms with Gasteiger partial charge >= 0.3 is 0 Å². The summed E-state index contributed by atoms with van der Waals surface area (Å²) in [5, 5.41) is 5.87. The van der Waals surface area contributed by atoms with Gasteiger partial charge in [0.25, 0.3) is 5.91 Å². The Hall–Kier alpha value is -3.23. The number of hydrogen-bond acceptors (Lipinski definition) is 5. The third-order valence-corrected chi connectivity index (χ3v) is 5.30. The number of anilines is 1. The Morgan fingerprint density at radius 3 is 2.71 bits per heavy atom. The lowest BCUT2D eigenvalue weighted by molar-refractivity contribution is 0.0974. The molecular weight excluding hydrogens is 478 g/mol. The Balaban J connectivity index is 1.50. The van der Waals surface area contributed by atoms with E-state index in [1.54, 1.807) is 18.2 Å². The zero-order valence-corrected chi connectivity index (χ0v) is 19.1. The molecule has 0 bridgehead atoms. The molecule has 0 aliphatic heterocycles. The lowest BCUT2D eigenvalue weighted by Gasteiger charge is -2.13. The van der Waals surface area contributed by atoms with Crippen LogP contribution in [-0.2, 0) is 0 Å². The van der Waals surface area contributed by atoms with Gasteiger partial charge in [0.15, 0.2) is 10.7 Å². The molecule has 1 amide bonds. The van der Waals surface area contributed by atoms with Crippen molar-refractivity contribution in [2.75, 3.05) is 12.4 Å². The number of ether oxygens (including phenoxy) is 1. The molecule has 2 N–H and O–H groups in total. The van der Waals surface area contributed by atoms with Crippen LogP contribution in [0.5, 0.6) is 5.75 Å². The highest BCUT2D eigenvalue weighted by atomic mass is 79.9. The third kappa shape index (κ3) is 4.60. The fourth-order valence-corrected chi connectivity index (χ4v) is 3.79. The molecule has 8 heteroatoms. The van der Waals surface area contributed by atoms with Crippen molar-refractivity contribution in [1.29, 1.82) is 0 Å². The maximum Gasteiger partial charge on any atom is 0.261 e. The second-order valence-electron chi connectivity index (χ2n) is 6.78. The number of carbonyl (C=O) groups is 1. The summed E-state index contributed by atoms with van der Waals surface area (Å²) in [6.45, 7) is 1.88. The Bertz CT molecular complexity index is 1300. The number of halogens is 1. The largest absolute Gasteiger partial charge is 0.496 e. The molecule has 31 heavy (non-hydrogen) atoms. The molecule has 0 aliphatic rings. The number of methoxy groups -OCH3 is 1. The predicted molar refractivity (Wildman–Crippen MR) is 129 cm³/mol. The number of nitrogens with one attached hydrogen (secondary N) is 2. The van der Waals surface area contributed by atoms with Crippen LogP contribution in [0.2, 0.25) is 0 Å². The Labute approximate surface area is 192 Å². The molecule has 0 unspecified atom stereocenters. The van der Waals surface area contributed by atoms with E-state index in [1.165, 1.54) is 7.11 Å². The van der Waals surface area contributed by atoms with Gasteiger partial charge in [-0.1, -0.05) is 34.1 Å². The topological polar surface area (TPSA) is 76.4 Å². The highest BCUT2D eigenvalue weighted by molar-refractivity contribution is 9.10. The van der Waals surface area contributed by atoms with Crippen LogP contribution < -0.4 is 15.4 Å². The molecule has 4 rings (SSSR count). The summed E-state index contributed by atoms with van der Waals surface area (Å²) < 4.78 is 12.1. The second-order valence-corrected chi connectivity index (χ2v) is 8.10. The van der Waals surface area contributed by atoms with Crippen molar-refractivity contribution in [1.82, 2.24) is 10.3 Å². The van der Waals surface area contributed by atoms with Crippen molar-refractivity contribution in [3.05, 3.63) is 76.3 Å². The van der Waals surface area contributed by atoms with Crippen molar-refractivity contribution in [3.8, 4) is 17.2 Å². The fourth-order valence-electron chi connectivity index (χ4n) is 3.19. The summed E-state index contributed by atoms with van der Waals surface area (Å²) >= 11 is 8.77. The number of para-hydroxylation sites is 1. The minimum atomic E-state index is -0.350. The van der Waals surface area contributed by atoms with Crippen LogP contribution in [0, 0.1) is 6.92 Å². The van der Waals surface area contributed by atoms with Crippen LogP contribution in [0.1, 0.15) is 15.9 Å². The van der Waals surface area contributed by atoms with Gasteiger partial charge in [-0.2, -0.15) is 0 Å². The SMILES string of the molecule is COc1c(C)cccc1C(=O)NC(=S)Nc1ccc2oc(-c3cccc(Br)c3)nc2c1. The number of benzene rings is 3. The van der Waals surface area contributed by atoms with Crippen molar-refractivity contribution >= 4 is 56.0 Å². The molecule has 0 fully saturated rings. The molecule has 0 atom stereocenters. The maximum atomic E-state index is 12.6. The molecule has 0 spiro atoms. The molecule has 0 radical (unpaired) electrons. The Morgan fingerprint density at radius 2 is 1.94 bits per heavy atom. The van der Waals surface area contributed by atoms with E-state index in [0.29, 0.717) is 34.0 Å². The number of aryl methyl sites for hydroxylation is 1. The van der Waals surface area contributed by atoms with Crippen molar-refractivity contribution in [2.24, 2.45) is 0 Å². The average molecular weight is 496 g/mol. The van der Waals surface area contributed by atoms with Crippen LogP contribution in [0.15, 0.2) is 69.6 Å². The van der Waals surface area contributed by atoms with E-state index in [2.05, 4.69) is 31.5 Å². The lowest BCUT2D eigenvalue weighted by atomic mass is 10.1. The lowest BCUT2D eigenvalue weighted by Crippen LogP contribution is -2.34. The van der Waals surface area contributed by atoms with E-state index >= 15 is 0 Å². The van der Waals surface area contributed by atoms with Gasteiger partial charge in [0.2, 0.25) is 5.89 Å². The first-order chi connectivity index (χ1) is 14.9. The molecule has 0 saturated carbocycles. The average Bonchev–Trinajstić information content (AvgIpc) is 3.17. The first-order valence-electron chi connectivity index (χ1n) is 9.37. The van der Waals surface area contributed by atoms with Crippen molar-refractivity contribution < 1.29 is 13.9 Å². The van der Waals surface area contributed by atoms with E-state index in [-0.39, 0.29) is 11.0 Å². The van der Waals surface area contributed by atoms with Crippen LogP contribution >= 0.6 is 28.1 Å². The van der Waals surface area contributed by atoms with E-state index in [9.17, 15) is 4.79 Å². The zero-order valence-electron chi connectivity index (χ0n) is 16.7. The molecule has 1 aromatic heterocycles. The van der Waals surface area contributed by atoms with E-state index < -0.39 is 0 Å². The van der Waals surface area contributed by atoms with Gasteiger partial charge in [-0.25, -0.2) is 4.98 Å². The number of fused-ring (bicyclic) bond motifs is 1. The first-order valence-corrected chi connectivity index (χ1v) is 10.6. The van der Waals surface area contributed by atoms with E-state index in [1.807, 2.05) is 49.4 Å². The summed E-state index contributed by atoms with van der Waals surface area (Å²) in [4.78, 5) is 17.2. The van der Waals surface area contributed by atoms with Crippen molar-refractivity contribution in [3.63, 3.8) is 0 Å². The first kappa shape index (κ1) is 21.0. The quantitative estimate of drug-likeness (QED) is 0.353. The predicted octanol–water partition coefficient (Wildman–Crippen LogP) is 5.70. The highest BCUT2D eigenvalue weighted by Crippen LogP contribution is 2.28. The monoisotopic (exact) mass is 495 g/mol. The number of carbonyl (C=O) groups excluding carboxylic acids is 1. The van der Waals surface area contributed by atoms with E-state index in [4.69, 9.17) is 21.4 Å². The van der Waals surface area contributed by atoms with E-state index in [0.717, 1.165) is 15.6 Å². The highest BCUT2D eigenvalue weighted by Gasteiger charge is 2.15. The van der Waals surface area contributed by atoms with Gasteiger partial charge in [-0.3, -0.25) is 10.1 Å². The molecule has 1 heterocycles. The minimum absolute atomic E-state index is 0.170. The number of amides is 1.